The Morgan fingerprint density at radius 3 is 2.54 bits per heavy atom. The minimum absolute atomic E-state index is 0.0281. The summed E-state index contributed by atoms with van der Waals surface area (Å²) in [6, 6.07) is 9.00. The summed E-state index contributed by atoms with van der Waals surface area (Å²) in [5.41, 5.74) is 2.19. The molecule has 1 saturated heterocycles. The molecule has 1 aliphatic heterocycles. The highest BCUT2D eigenvalue weighted by molar-refractivity contribution is 7.89. The maximum atomic E-state index is 12.5. The topological polar surface area (TPSA) is 58.6 Å². The number of nitrogens with one attached hydrogen (secondary N) is 1. The van der Waals surface area contributed by atoms with Crippen LogP contribution in [0.2, 0.25) is 0 Å². The fourth-order valence-corrected chi connectivity index (χ4v) is 4.55. The molecule has 1 aromatic heterocycles. The van der Waals surface area contributed by atoms with Gasteiger partial charge in [0.25, 0.3) is 0 Å². The molecule has 5 nitrogen and oxygen atoms in total. The zero-order valence-corrected chi connectivity index (χ0v) is 15.3. The number of benzene rings is 1. The lowest BCUT2D eigenvalue weighted by Gasteiger charge is -2.34. The average molecular weight is 367 g/mol. The zero-order chi connectivity index (χ0) is 17.0. The molecular weight excluding hydrogens is 344 g/mol. The summed E-state index contributed by atoms with van der Waals surface area (Å²) in [6.07, 6.45) is 0. The van der Waals surface area contributed by atoms with Gasteiger partial charge in [0.2, 0.25) is 10.0 Å². The van der Waals surface area contributed by atoms with Crippen molar-refractivity contribution in [2.45, 2.75) is 17.9 Å². The first-order valence-electron chi connectivity index (χ1n) is 7.96. The largest absolute Gasteiger partial charge is 0.379 e. The van der Waals surface area contributed by atoms with E-state index in [0.29, 0.717) is 24.7 Å². The number of ether oxygens (including phenoxy) is 1. The van der Waals surface area contributed by atoms with Crippen LogP contribution in [0, 0.1) is 6.92 Å². The van der Waals surface area contributed by atoms with Gasteiger partial charge >= 0.3 is 0 Å². The van der Waals surface area contributed by atoms with Crippen LogP contribution < -0.4 is 4.72 Å². The highest BCUT2D eigenvalue weighted by Gasteiger charge is 2.25. The maximum Gasteiger partial charge on any atom is 0.240 e. The van der Waals surface area contributed by atoms with Gasteiger partial charge in [0.05, 0.1) is 18.1 Å². The molecule has 1 unspecified atom stereocenters. The summed E-state index contributed by atoms with van der Waals surface area (Å²) in [5.74, 6) is 0. The highest BCUT2D eigenvalue weighted by Crippen LogP contribution is 2.24. The summed E-state index contributed by atoms with van der Waals surface area (Å²) < 4.78 is 33.3. The zero-order valence-electron chi connectivity index (χ0n) is 13.6. The molecule has 0 bridgehead atoms. The number of rotatable bonds is 6. The molecule has 1 atom stereocenters. The number of aryl methyl sites for hydroxylation is 1. The maximum absolute atomic E-state index is 12.5. The molecule has 7 heteroatoms. The Morgan fingerprint density at radius 2 is 1.92 bits per heavy atom. The van der Waals surface area contributed by atoms with Crippen LogP contribution in [0.1, 0.15) is 17.2 Å². The minimum atomic E-state index is -3.51. The highest BCUT2D eigenvalue weighted by atomic mass is 32.2. The molecule has 2 heterocycles. The number of sulfonamides is 1. The predicted molar refractivity (Wildman–Crippen MR) is 95.8 cm³/mol. The third kappa shape index (κ3) is 4.23. The second-order valence-corrected chi connectivity index (χ2v) is 8.43. The van der Waals surface area contributed by atoms with Gasteiger partial charge in [-0.05, 0) is 41.4 Å². The van der Waals surface area contributed by atoms with E-state index in [4.69, 9.17) is 4.74 Å². The average Bonchev–Trinajstić information content (AvgIpc) is 3.11. The van der Waals surface area contributed by atoms with Crippen LogP contribution in [0.3, 0.4) is 0 Å². The summed E-state index contributed by atoms with van der Waals surface area (Å²) in [4.78, 5) is 2.59. The first-order chi connectivity index (χ1) is 11.6. The third-order valence-electron chi connectivity index (χ3n) is 4.21. The van der Waals surface area contributed by atoms with Gasteiger partial charge in [-0.2, -0.15) is 11.3 Å². The van der Waals surface area contributed by atoms with E-state index in [0.717, 1.165) is 24.2 Å². The van der Waals surface area contributed by atoms with Gasteiger partial charge in [0.15, 0.2) is 0 Å². The standard InChI is InChI=1S/C17H22N2O3S2/c1-14-2-4-16(5-3-14)24(20,21)18-12-17(15-6-11-23-13-15)19-7-9-22-10-8-19/h2-6,11,13,17-18H,7-10,12H2,1H3. The molecule has 1 fully saturated rings. The van der Waals surface area contributed by atoms with Crippen LogP contribution in [-0.2, 0) is 14.8 Å². The molecule has 130 valence electrons. The summed E-state index contributed by atoms with van der Waals surface area (Å²) in [5, 5.41) is 4.11. The Hall–Kier alpha value is -1.25. The van der Waals surface area contributed by atoms with Crippen molar-refractivity contribution in [3.8, 4) is 0 Å². The monoisotopic (exact) mass is 366 g/mol. The van der Waals surface area contributed by atoms with Gasteiger partial charge in [-0.15, -0.1) is 0 Å². The summed E-state index contributed by atoms with van der Waals surface area (Å²) >= 11 is 1.63. The fourth-order valence-electron chi connectivity index (χ4n) is 2.80. The van der Waals surface area contributed by atoms with Crippen LogP contribution in [0.4, 0.5) is 0 Å². The van der Waals surface area contributed by atoms with E-state index in [1.165, 1.54) is 0 Å². The second-order valence-electron chi connectivity index (χ2n) is 5.89. The first-order valence-corrected chi connectivity index (χ1v) is 10.4. The molecule has 1 N–H and O–H groups in total. The quantitative estimate of drug-likeness (QED) is 0.853. The Kier molecular flexibility index (Phi) is 5.68. The van der Waals surface area contributed by atoms with Gasteiger partial charge in [0, 0.05) is 25.7 Å². The van der Waals surface area contributed by atoms with Crippen molar-refractivity contribution in [3.05, 3.63) is 52.2 Å². The van der Waals surface area contributed by atoms with Crippen molar-refractivity contribution in [1.29, 1.82) is 0 Å². The van der Waals surface area contributed by atoms with E-state index in [9.17, 15) is 8.42 Å². The lowest BCUT2D eigenvalue weighted by atomic mass is 10.1. The van der Waals surface area contributed by atoms with Gasteiger partial charge in [-0.3, -0.25) is 4.90 Å². The lowest BCUT2D eigenvalue weighted by molar-refractivity contribution is 0.0173. The molecule has 1 aliphatic rings. The molecule has 1 aromatic carbocycles. The smallest absolute Gasteiger partial charge is 0.240 e. The Bertz CT molecular complexity index is 737. The van der Waals surface area contributed by atoms with Crippen LogP contribution in [0.15, 0.2) is 46.0 Å². The SMILES string of the molecule is Cc1ccc(S(=O)(=O)NCC(c2ccsc2)N2CCOCC2)cc1. The Labute approximate surface area is 147 Å². The van der Waals surface area contributed by atoms with Crippen molar-refractivity contribution in [2.24, 2.45) is 0 Å². The molecule has 0 spiro atoms. The normalized spacial score (nSPS) is 17.7. The molecule has 0 saturated carbocycles. The number of hydrogen-bond acceptors (Lipinski definition) is 5. The van der Waals surface area contributed by atoms with Gasteiger partial charge in [0.1, 0.15) is 0 Å². The van der Waals surface area contributed by atoms with Gasteiger partial charge in [-0.25, -0.2) is 13.1 Å². The van der Waals surface area contributed by atoms with Crippen molar-refractivity contribution in [3.63, 3.8) is 0 Å². The van der Waals surface area contributed by atoms with Crippen LogP contribution in [0.5, 0.6) is 0 Å². The number of nitrogens with zero attached hydrogens (tertiary/aromatic N) is 1. The number of thiophene rings is 1. The van der Waals surface area contributed by atoms with E-state index < -0.39 is 10.0 Å². The second kappa shape index (κ2) is 7.76. The van der Waals surface area contributed by atoms with E-state index in [1.807, 2.05) is 24.4 Å². The molecule has 24 heavy (non-hydrogen) atoms. The van der Waals surface area contributed by atoms with Gasteiger partial charge < -0.3 is 4.74 Å². The minimum Gasteiger partial charge on any atom is -0.379 e. The fraction of sp³-hybridized carbons (Fsp3) is 0.412. The summed E-state index contributed by atoms with van der Waals surface area (Å²) in [7, 11) is -3.51. The molecular formula is C17H22N2O3S2. The lowest BCUT2D eigenvalue weighted by Crippen LogP contribution is -2.43. The predicted octanol–water partition coefficient (Wildman–Crippen LogP) is 2.41. The molecule has 0 aliphatic carbocycles. The van der Waals surface area contributed by atoms with Gasteiger partial charge in [-0.1, -0.05) is 17.7 Å². The Balaban J connectivity index is 1.74. The first kappa shape index (κ1) is 17.6. The molecule has 2 aromatic rings. The van der Waals surface area contributed by atoms with Crippen molar-refractivity contribution in [1.82, 2.24) is 9.62 Å². The molecule has 0 amide bonds. The van der Waals surface area contributed by atoms with E-state index in [-0.39, 0.29) is 6.04 Å². The van der Waals surface area contributed by atoms with Crippen LogP contribution in [0.25, 0.3) is 0 Å². The molecule has 0 radical (unpaired) electrons. The molecule has 3 rings (SSSR count). The van der Waals surface area contributed by atoms with E-state index in [2.05, 4.69) is 21.1 Å². The van der Waals surface area contributed by atoms with Crippen molar-refractivity contribution >= 4 is 21.4 Å². The van der Waals surface area contributed by atoms with E-state index in [1.54, 1.807) is 23.5 Å². The number of hydrogen-bond donors (Lipinski definition) is 1. The summed E-state index contributed by atoms with van der Waals surface area (Å²) in [6.45, 7) is 5.29. The third-order valence-corrected chi connectivity index (χ3v) is 6.35. The number of morpholine rings is 1. The van der Waals surface area contributed by atoms with Crippen LogP contribution >= 0.6 is 11.3 Å². The van der Waals surface area contributed by atoms with Crippen molar-refractivity contribution < 1.29 is 13.2 Å². The Morgan fingerprint density at radius 1 is 1.21 bits per heavy atom. The van der Waals surface area contributed by atoms with Crippen molar-refractivity contribution in [2.75, 3.05) is 32.8 Å². The van der Waals surface area contributed by atoms with Crippen LogP contribution in [-0.4, -0.2) is 46.2 Å². The van der Waals surface area contributed by atoms with E-state index >= 15 is 0 Å².